The zero-order valence-electron chi connectivity index (χ0n) is 17.9. The van der Waals surface area contributed by atoms with Crippen molar-refractivity contribution < 1.29 is 13.2 Å². The molecule has 0 spiro atoms. The van der Waals surface area contributed by atoms with E-state index in [2.05, 4.69) is 16.5 Å². The number of aromatic amines is 1. The van der Waals surface area contributed by atoms with E-state index in [1.807, 2.05) is 18.2 Å². The van der Waals surface area contributed by atoms with Crippen molar-refractivity contribution in [3.8, 4) is 0 Å². The SMILES string of the molecule is C=C[C@@H]1CN(Cc2ccccn2)C(=O)[C@@H]2CCC[C@H]1N2S(=O)(=O)c1ccc2[nH]c(=O)sc2c1. The Morgan fingerprint density at radius 3 is 2.82 bits per heavy atom. The molecule has 0 unspecified atom stereocenters. The predicted octanol–water partition coefficient (Wildman–Crippen LogP) is 2.74. The average molecular weight is 485 g/mol. The van der Waals surface area contributed by atoms with Crippen LogP contribution in [0.1, 0.15) is 25.0 Å². The second-order valence-electron chi connectivity index (χ2n) is 8.46. The molecule has 2 aromatic heterocycles. The quantitative estimate of drug-likeness (QED) is 0.561. The van der Waals surface area contributed by atoms with Crippen LogP contribution in [0.4, 0.5) is 0 Å². The highest BCUT2D eigenvalue weighted by atomic mass is 32.2. The van der Waals surface area contributed by atoms with Crippen LogP contribution < -0.4 is 4.87 Å². The fourth-order valence-electron chi connectivity index (χ4n) is 4.93. The van der Waals surface area contributed by atoms with Crippen LogP contribution in [0, 0.1) is 5.92 Å². The lowest BCUT2D eigenvalue weighted by molar-refractivity contribution is -0.135. The summed E-state index contributed by atoms with van der Waals surface area (Å²) in [5.74, 6) is -0.407. The van der Waals surface area contributed by atoms with Crippen molar-refractivity contribution in [3.63, 3.8) is 0 Å². The zero-order valence-corrected chi connectivity index (χ0v) is 19.5. The van der Waals surface area contributed by atoms with E-state index in [0.29, 0.717) is 36.1 Å². The van der Waals surface area contributed by atoms with Crippen molar-refractivity contribution in [1.82, 2.24) is 19.2 Å². The summed E-state index contributed by atoms with van der Waals surface area (Å²) in [6.07, 6.45) is 5.35. The number of nitrogens with one attached hydrogen (secondary N) is 1. The Hall–Kier alpha value is -2.82. The minimum atomic E-state index is -3.99. The molecule has 8 nitrogen and oxygen atoms in total. The monoisotopic (exact) mass is 484 g/mol. The summed E-state index contributed by atoms with van der Waals surface area (Å²) in [7, 11) is -3.99. The molecule has 33 heavy (non-hydrogen) atoms. The van der Waals surface area contributed by atoms with E-state index in [9.17, 15) is 18.0 Å². The van der Waals surface area contributed by atoms with Gasteiger partial charge < -0.3 is 9.88 Å². The molecule has 2 bridgehead atoms. The van der Waals surface area contributed by atoms with Crippen molar-refractivity contribution >= 4 is 37.5 Å². The maximum atomic E-state index is 13.9. The van der Waals surface area contributed by atoms with Crippen LogP contribution in [0.25, 0.3) is 10.2 Å². The Bertz CT molecular complexity index is 1370. The van der Waals surface area contributed by atoms with E-state index in [4.69, 9.17) is 0 Å². The van der Waals surface area contributed by atoms with Gasteiger partial charge in [-0.3, -0.25) is 14.6 Å². The number of benzene rings is 1. The Balaban J connectivity index is 1.56. The predicted molar refractivity (Wildman–Crippen MR) is 126 cm³/mol. The van der Waals surface area contributed by atoms with Gasteiger partial charge >= 0.3 is 4.87 Å². The first-order chi connectivity index (χ1) is 15.9. The second-order valence-corrected chi connectivity index (χ2v) is 11.3. The third-order valence-electron chi connectivity index (χ3n) is 6.48. The van der Waals surface area contributed by atoms with Crippen LogP contribution >= 0.6 is 11.3 Å². The summed E-state index contributed by atoms with van der Waals surface area (Å²) in [6.45, 7) is 4.68. The molecule has 1 aromatic carbocycles. The summed E-state index contributed by atoms with van der Waals surface area (Å²) in [5.41, 5.74) is 1.36. The molecule has 1 N–H and O–H groups in total. The first kappa shape index (κ1) is 22.0. The van der Waals surface area contributed by atoms with Gasteiger partial charge in [0.25, 0.3) is 0 Å². The number of H-pyrrole nitrogens is 1. The van der Waals surface area contributed by atoms with Crippen LogP contribution in [0.5, 0.6) is 0 Å². The third kappa shape index (κ3) is 3.92. The molecule has 10 heteroatoms. The maximum absolute atomic E-state index is 13.9. The Morgan fingerprint density at radius 1 is 1.21 bits per heavy atom. The van der Waals surface area contributed by atoms with Gasteiger partial charge in [-0.1, -0.05) is 23.5 Å². The number of carbonyl (C=O) groups is 1. The normalized spacial score (nSPS) is 24.1. The smallest absolute Gasteiger partial charge is 0.305 e. The minimum Gasteiger partial charge on any atom is -0.335 e. The van der Waals surface area contributed by atoms with Crippen molar-refractivity contribution in [3.05, 3.63) is 70.6 Å². The molecule has 172 valence electrons. The van der Waals surface area contributed by atoms with Crippen LogP contribution in [-0.4, -0.2) is 52.1 Å². The van der Waals surface area contributed by atoms with Gasteiger partial charge in [0.2, 0.25) is 15.9 Å². The highest BCUT2D eigenvalue weighted by Gasteiger charge is 2.49. The molecule has 1 amide bonds. The number of piperidine rings is 1. The number of rotatable bonds is 5. The van der Waals surface area contributed by atoms with Crippen LogP contribution in [0.2, 0.25) is 0 Å². The van der Waals surface area contributed by atoms with Crippen molar-refractivity contribution in [2.24, 2.45) is 5.92 Å². The van der Waals surface area contributed by atoms with Crippen LogP contribution in [0.3, 0.4) is 0 Å². The van der Waals surface area contributed by atoms with Crippen molar-refractivity contribution in [2.75, 3.05) is 6.54 Å². The Morgan fingerprint density at radius 2 is 2.06 bits per heavy atom. The molecule has 0 saturated carbocycles. The molecule has 2 aliphatic heterocycles. The Kier molecular flexibility index (Phi) is 5.67. The topological polar surface area (TPSA) is 103 Å². The van der Waals surface area contributed by atoms with Gasteiger partial charge in [-0.25, -0.2) is 8.42 Å². The molecule has 2 fully saturated rings. The molecule has 0 aliphatic carbocycles. The number of fused-ring (bicyclic) bond motifs is 3. The van der Waals surface area contributed by atoms with E-state index in [1.165, 1.54) is 16.4 Å². The first-order valence-corrected chi connectivity index (χ1v) is 13.1. The van der Waals surface area contributed by atoms with E-state index in [-0.39, 0.29) is 27.6 Å². The largest absolute Gasteiger partial charge is 0.335 e. The summed E-state index contributed by atoms with van der Waals surface area (Å²) in [4.78, 5) is 34.0. The highest BCUT2D eigenvalue weighted by molar-refractivity contribution is 7.89. The lowest BCUT2D eigenvalue weighted by Gasteiger charge is -2.40. The zero-order chi connectivity index (χ0) is 23.2. The molecule has 5 rings (SSSR count). The molecular weight excluding hydrogens is 460 g/mol. The maximum Gasteiger partial charge on any atom is 0.305 e. The number of aromatic nitrogens is 2. The van der Waals surface area contributed by atoms with E-state index in [1.54, 1.807) is 23.2 Å². The molecule has 0 radical (unpaired) electrons. The van der Waals surface area contributed by atoms with Gasteiger partial charge in [-0.2, -0.15) is 4.31 Å². The minimum absolute atomic E-state index is 0.0935. The number of nitrogens with zero attached hydrogens (tertiary/aromatic N) is 3. The number of sulfonamides is 1. The van der Waals surface area contributed by atoms with Crippen LogP contribution in [0.15, 0.2) is 64.9 Å². The van der Waals surface area contributed by atoms with Gasteiger partial charge in [-0.05, 0) is 49.6 Å². The number of carbonyl (C=O) groups excluding carboxylic acids is 1. The van der Waals surface area contributed by atoms with Gasteiger partial charge in [-0.15, -0.1) is 6.58 Å². The number of hydrogen-bond donors (Lipinski definition) is 1. The molecule has 3 aromatic rings. The van der Waals surface area contributed by atoms with E-state index in [0.717, 1.165) is 23.5 Å². The summed E-state index contributed by atoms with van der Waals surface area (Å²) in [6, 6.07) is 9.04. The number of pyridine rings is 1. The third-order valence-corrected chi connectivity index (χ3v) is 9.26. The summed E-state index contributed by atoms with van der Waals surface area (Å²) >= 11 is 0.969. The summed E-state index contributed by atoms with van der Waals surface area (Å²) in [5, 5.41) is 0. The van der Waals surface area contributed by atoms with Gasteiger partial charge in [0.05, 0.1) is 27.4 Å². The molecule has 3 atom stereocenters. The average Bonchev–Trinajstić information content (AvgIpc) is 3.18. The van der Waals surface area contributed by atoms with E-state index >= 15 is 0 Å². The Labute approximate surface area is 195 Å². The molecule has 2 saturated heterocycles. The fourth-order valence-corrected chi connectivity index (χ4v) is 7.68. The number of hydrogen-bond acceptors (Lipinski definition) is 6. The lowest BCUT2D eigenvalue weighted by Crippen LogP contribution is -2.54. The summed E-state index contributed by atoms with van der Waals surface area (Å²) < 4.78 is 29.8. The standard InChI is InChI=1S/C23H24N4O4S2/c1-2-15-13-26(14-16-6-3-4-11-24-16)22(28)20-8-5-7-19(15)27(20)33(30,31)17-9-10-18-21(12-17)32-23(29)25-18/h2-4,6,9-12,15,19-20H,1,5,7-8,13-14H2,(H,25,29)/t15-,19-,20+/m1/s1. The lowest BCUT2D eigenvalue weighted by atomic mass is 9.90. The molecule has 4 heterocycles. The fraction of sp³-hybridized carbons (Fsp3) is 0.348. The number of amides is 1. The molecule has 2 aliphatic rings. The van der Waals surface area contributed by atoms with Gasteiger partial charge in [0.1, 0.15) is 6.04 Å². The van der Waals surface area contributed by atoms with Gasteiger partial charge in [0.15, 0.2) is 0 Å². The number of thiazole rings is 1. The van der Waals surface area contributed by atoms with Gasteiger partial charge in [0, 0.05) is 24.7 Å². The van der Waals surface area contributed by atoms with Crippen molar-refractivity contribution in [1.29, 1.82) is 0 Å². The van der Waals surface area contributed by atoms with Crippen LogP contribution in [-0.2, 0) is 21.4 Å². The molecular formula is C23H24N4O4S2. The van der Waals surface area contributed by atoms with Crippen molar-refractivity contribution in [2.45, 2.75) is 42.8 Å². The first-order valence-electron chi connectivity index (χ1n) is 10.9. The second kappa shape index (κ2) is 8.51. The van der Waals surface area contributed by atoms with E-state index < -0.39 is 16.1 Å². The highest BCUT2D eigenvalue weighted by Crippen LogP contribution is 2.38.